The topological polar surface area (TPSA) is 324 Å². The molecule has 0 bridgehead atoms. The van der Waals surface area contributed by atoms with E-state index in [4.69, 9.17) is 10.2 Å². The predicted octanol–water partition coefficient (Wildman–Crippen LogP) is 0.126. The van der Waals surface area contributed by atoms with Gasteiger partial charge in [-0.05, 0) is 69.1 Å². The Morgan fingerprint density at radius 3 is 1.76 bits per heavy atom. The van der Waals surface area contributed by atoms with E-state index in [1.54, 1.807) is 20.8 Å². The number of carboxylic acid groups (broad SMARTS) is 3. The summed E-state index contributed by atoms with van der Waals surface area (Å²) in [5, 5.41) is 42.5. The summed E-state index contributed by atoms with van der Waals surface area (Å²) in [5.41, 5.74) is 0. The van der Waals surface area contributed by atoms with Gasteiger partial charge in [0.2, 0.25) is 41.2 Å². The molecule has 1 saturated heterocycles. The number of likely N-dealkylation sites (tertiary alicyclic amines) is 1. The molecule has 2 aliphatic carbocycles. The Morgan fingerprint density at radius 2 is 1.21 bits per heavy atom. The first kappa shape index (κ1) is 51.7. The highest BCUT2D eigenvalue weighted by molar-refractivity contribution is 6.38. The fourth-order valence-electron chi connectivity index (χ4n) is 8.87. The Bertz CT molecular complexity index is 1720. The summed E-state index contributed by atoms with van der Waals surface area (Å²) in [6.45, 7) is 5.33. The zero-order valence-corrected chi connectivity index (χ0v) is 36.6. The molecule has 9 N–H and O–H groups in total. The molecule has 0 aromatic rings. The van der Waals surface area contributed by atoms with E-state index in [0.717, 1.165) is 45.4 Å². The molecule has 3 aliphatic rings. The minimum Gasteiger partial charge on any atom is -0.481 e. The van der Waals surface area contributed by atoms with Crippen molar-refractivity contribution >= 4 is 65.0 Å². The average Bonchev–Trinajstić information content (AvgIpc) is 3.63. The Morgan fingerprint density at radius 1 is 0.635 bits per heavy atom. The Labute approximate surface area is 366 Å². The first-order valence-corrected chi connectivity index (χ1v) is 22.0. The van der Waals surface area contributed by atoms with E-state index in [9.17, 15) is 53.1 Å². The minimum atomic E-state index is -1.53. The van der Waals surface area contributed by atoms with Crippen molar-refractivity contribution in [3.63, 3.8) is 0 Å². The SMILES string of the molecule is CCCC(NC(=O)[C@@H]1C[C@@H]2CCCC[C@@H]2N1C(=O)C(NC(=O)C(NC(=O)C(CCC(=O)O)NC(=O)[C@H](CCC(=O)O)NC(C)=O)C(C)C)C1CCCCC1)C(=O)C(=O)NCC(=O)O. The number of rotatable bonds is 24. The third kappa shape index (κ3) is 15.6. The van der Waals surface area contributed by atoms with Gasteiger partial charge < -0.3 is 52.1 Å². The second-order valence-corrected chi connectivity index (χ2v) is 17.2. The highest BCUT2D eigenvalue weighted by Gasteiger charge is 2.51. The van der Waals surface area contributed by atoms with Crippen LogP contribution in [0.25, 0.3) is 0 Å². The molecule has 1 heterocycles. The van der Waals surface area contributed by atoms with E-state index < -0.39 is 133 Å². The quantitative estimate of drug-likeness (QED) is 0.0582. The summed E-state index contributed by atoms with van der Waals surface area (Å²) >= 11 is 0. The molecule has 63 heavy (non-hydrogen) atoms. The average molecular weight is 892 g/mol. The zero-order valence-electron chi connectivity index (χ0n) is 36.6. The van der Waals surface area contributed by atoms with Crippen LogP contribution in [0.5, 0.6) is 0 Å². The number of fused-ring (bicyclic) bond motifs is 1. The number of nitrogens with zero attached hydrogens (tertiary/aromatic N) is 1. The highest BCUT2D eigenvalue weighted by atomic mass is 16.4. The van der Waals surface area contributed by atoms with E-state index >= 15 is 4.79 Å². The first-order valence-electron chi connectivity index (χ1n) is 22.0. The third-order valence-corrected chi connectivity index (χ3v) is 12.0. The number of nitrogens with one attached hydrogen (secondary N) is 6. The molecule has 0 radical (unpaired) electrons. The van der Waals surface area contributed by atoms with Gasteiger partial charge >= 0.3 is 17.9 Å². The summed E-state index contributed by atoms with van der Waals surface area (Å²) < 4.78 is 0. The molecule has 21 heteroatoms. The van der Waals surface area contributed by atoms with Gasteiger partial charge in [0.05, 0.1) is 6.04 Å². The van der Waals surface area contributed by atoms with Gasteiger partial charge in [0.15, 0.2) is 0 Å². The summed E-state index contributed by atoms with van der Waals surface area (Å²) in [4.78, 5) is 143. The van der Waals surface area contributed by atoms with Crippen LogP contribution in [0, 0.1) is 17.8 Å². The monoisotopic (exact) mass is 891 g/mol. The summed E-state index contributed by atoms with van der Waals surface area (Å²) in [7, 11) is 0. The second-order valence-electron chi connectivity index (χ2n) is 17.2. The second kappa shape index (κ2) is 24.9. The lowest BCUT2D eigenvalue weighted by Crippen LogP contribution is -2.62. The smallest absolute Gasteiger partial charge is 0.322 e. The number of carbonyl (C=O) groups excluding carboxylic acids is 8. The molecule has 0 aromatic heterocycles. The lowest BCUT2D eigenvalue weighted by molar-refractivity contribution is -0.147. The Balaban J connectivity index is 1.92. The molecule has 8 atom stereocenters. The third-order valence-electron chi connectivity index (χ3n) is 12.0. The lowest BCUT2D eigenvalue weighted by atomic mass is 9.82. The molecule has 1 aliphatic heterocycles. The molecule has 0 aromatic carbocycles. The van der Waals surface area contributed by atoms with Gasteiger partial charge in [-0.25, -0.2) is 0 Å². The fraction of sp³-hybridized carbons (Fsp3) is 0.738. The molecular weight excluding hydrogens is 826 g/mol. The maximum atomic E-state index is 15.1. The van der Waals surface area contributed by atoms with Gasteiger partial charge in [0, 0.05) is 25.8 Å². The van der Waals surface area contributed by atoms with Crippen molar-refractivity contribution in [2.75, 3.05) is 6.54 Å². The normalized spacial score (nSPS) is 21.0. The molecule has 21 nitrogen and oxygen atoms in total. The van der Waals surface area contributed by atoms with Crippen LogP contribution in [0.3, 0.4) is 0 Å². The van der Waals surface area contributed by atoms with Crippen LogP contribution >= 0.6 is 0 Å². The largest absolute Gasteiger partial charge is 0.481 e. The summed E-state index contributed by atoms with van der Waals surface area (Å²) in [6, 6.07) is -8.06. The molecule has 3 rings (SSSR count). The maximum absolute atomic E-state index is 15.1. The predicted molar refractivity (Wildman–Crippen MR) is 222 cm³/mol. The minimum absolute atomic E-state index is 0.0598. The molecule has 0 spiro atoms. The van der Waals surface area contributed by atoms with Gasteiger partial charge in [-0.3, -0.25) is 52.7 Å². The zero-order chi connectivity index (χ0) is 47.0. The number of hydrogen-bond acceptors (Lipinski definition) is 11. The standard InChI is InChI=1S/C42H65N7O14/c1-5-11-26(36(57)41(62)43-21-33(55)56)45-39(60)30-20-25-14-9-10-15-29(25)49(30)42(63)35(24-12-7-6-8-13-24)48-40(61)34(22(2)3)47-38(59)28(17-19-32(53)54)46-37(58)27(44-23(4)50)16-18-31(51)52/h22,24-30,34-35H,5-21H2,1-4H3,(H,43,62)(H,44,50)(H,45,60)(H,46,58)(H,47,59)(H,48,61)(H,51,52)(H,53,54)(H,55,56)/t25-,26?,27-,28?,29-,30-,34?,35?/m0/s1. The van der Waals surface area contributed by atoms with Crippen molar-refractivity contribution in [3.8, 4) is 0 Å². The Hall–Kier alpha value is -5.63. The number of aliphatic carboxylic acids is 3. The van der Waals surface area contributed by atoms with Crippen LogP contribution < -0.4 is 31.9 Å². The van der Waals surface area contributed by atoms with Gasteiger partial charge in [-0.1, -0.05) is 59.3 Å². The van der Waals surface area contributed by atoms with Crippen LogP contribution in [-0.2, 0) is 52.7 Å². The summed E-state index contributed by atoms with van der Waals surface area (Å²) in [5.74, 6) is -11.5. The van der Waals surface area contributed by atoms with Crippen LogP contribution in [0.15, 0.2) is 0 Å². The van der Waals surface area contributed by atoms with Gasteiger partial charge in [0.1, 0.15) is 36.8 Å². The van der Waals surface area contributed by atoms with E-state index in [2.05, 4.69) is 26.6 Å². The lowest BCUT2D eigenvalue weighted by Gasteiger charge is -2.39. The van der Waals surface area contributed by atoms with E-state index in [0.29, 0.717) is 25.7 Å². The van der Waals surface area contributed by atoms with E-state index in [1.807, 2.05) is 5.32 Å². The molecule has 7 amide bonds. The number of Topliss-reactive ketones (excluding diaryl/α,β-unsaturated/α-hetero) is 1. The molecule has 352 valence electrons. The van der Waals surface area contributed by atoms with Gasteiger partial charge in [-0.15, -0.1) is 0 Å². The van der Waals surface area contributed by atoms with Crippen molar-refractivity contribution in [2.24, 2.45) is 17.8 Å². The summed E-state index contributed by atoms with van der Waals surface area (Å²) in [6.07, 6.45) is 5.50. The van der Waals surface area contributed by atoms with Crippen molar-refractivity contribution in [2.45, 2.75) is 173 Å². The molecular formula is C42H65N7O14. The fourth-order valence-corrected chi connectivity index (χ4v) is 8.87. The van der Waals surface area contributed by atoms with Gasteiger partial charge in [-0.2, -0.15) is 0 Å². The van der Waals surface area contributed by atoms with Crippen LogP contribution in [0.4, 0.5) is 0 Å². The van der Waals surface area contributed by atoms with Crippen molar-refractivity contribution in [1.82, 2.24) is 36.8 Å². The van der Waals surface area contributed by atoms with E-state index in [-0.39, 0.29) is 37.1 Å². The van der Waals surface area contributed by atoms with Crippen molar-refractivity contribution in [1.29, 1.82) is 0 Å². The molecule has 4 unspecified atom stereocenters. The molecule has 3 fully saturated rings. The Kier molecular flexibility index (Phi) is 20.4. The number of ketones is 1. The molecule has 2 saturated carbocycles. The van der Waals surface area contributed by atoms with Crippen LogP contribution in [0.2, 0.25) is 0 Å². The number of hydrogen-bond donors (Lipinski definition) is 9. The number of carbonyl (C=O) groups is 11. The van der Waals surface area contributed by atoms with E-state index in [1.165, 1.54) is 4.90 Å². The number of carboxylic acids is 3. The number of amides is 7. The van der Waals surface area contributed by atoms with Crippen molar-refractivity contribution in [3.05, 3.63) is 0 Å². The van der Waals surface area contributed by atoms with Crippen LogP contribution in [0.1, 0.15) is 130 Å². The first-order chi connectivity index (χ1) is 29.7. The highest BCUT2D eigenvalue weighted by Crippen LogP contribution is 2.41. The van der Waals surface area contributed by atoms with Gasteiger partial charge in [0.25, 0.3) is 5.91 Å². The maximum Gasteiger partial charge on any atom is 0.322 e. The van der Waals surface area contributed by atoms with Crippen molar-refractivity contribution < 1.29 is 68.1 Å². The van der Waals surface area contributed by atoms with Crippen LogP contribution in [-0.4, -0.2) is 134 Å².